The molecule has 1 amide bonds. The molecule has 0 saturated carbocycles. The van der Waals surface area contributed by atoms with Crippen LogP contribution in [0.1, 0.15) is 34.6 Å². The van der Waals surface area contributed by atoms with Crippen LogP contribution in [0, 0.1) is 5.92 Å². The average Bonchev–Trinajstić information content (AvgIpc) is 3.41. The quantitative estimate of drug-likeness (QED) is 0.350. The Morgan fingerprint density at radius 2 is 1.75 bits per heavy atom. The summed E-state index contributed by atoms with van der Waals surface area (Å²) in [4.78, 5) is 19.8. The molecule has 0 spiro atoms. The zero-order valence-electron chi connectivity index (χ0n) is 20.4. The van der Waals surface area contributed by atoms with E-state index in [2.05, 4.69) is 32.8 Å². The summed E-state index contributed by atoms with van der Waals surface area (Å²) < 4.78 is 9.88. The van der Waals surface area contributed by atoms with E-state index in [0.29, 0.717) is 24.4 Å². The number of amides is 1. The molecule has 5 rings (SSSR count). The van der Waals surface area contributed by atoms with Crippen molar-refractivity contribution in [2.24, 2.45) is 5.92 Å². The second-order valence-corrected chi connectivity index (χ2v) is 9.84. The van der Waals surface area contributed by atoms with Gasteiger partial charge in [0.15, 0.2) is 0 Å². The highest BCUT2D eigenvalue weighted by Gasteiger charge is 2.22. The molecule has 0 radical (unpaired) electrons. The van der Waals surface area contributed by atoms with Crippen molar-refractivity contribution in [3.8, 4) is 16.9 Å². The summed E-state index contributed by atoms with van der Waals surface area (Å²) in [6.45, 7) is 2.56. The van der Waals surface area contributed by atoms with Crippen molar-refractivity contribution < 1.29 is 9.53 Å². The number of ether oxygens (including phenoxy) is 1. The third kappa shape index (κ3) is 5.91. The van der Waals surface area contributed by atoms with Crippen molar-refractivity contribution >= 4 is 22.6 Å². The number of aromatic nitrogens is 2. The summed E-state index contributed by atoms with van der Waals surface area (Å²) in [6, 6.07) is 26.0. The SMILES string of the molecule is COc1cccc(Cc2nsc(N3CCC(CNC(=O)c4ccc(-c5ccccc5)cc4)CC3)n2)c1. The fraction of sp³-hybridized carbons (Fsp3) is 0.276. The first-order valence-corrected chi connectivity index (χ1v) is 13.1. The van der Waals surface area contributed by atoms with Crippen LogP contribution in [0.25, 0.3) is 11.1 Å². The van der Waals surface area contributed by atoms with E-state index in [-0.39, 0.29) is 5.91 Å². The van der Waals surface area contributed by atoms with Crippen LogP contribution < -0.4 is 15.0 Å². The highest BCUT2D eigenvalue weighted by molar-refractivity contribution is 7.09. The van der Waals surface area contributed by atoms with Crippen molar-refractivity contribution in [1.82, 2.24) is 14.7 Å². The summed E-state index contributed by atoms with van der Waals surface area (Å²) in [7, 11) is 1.68. The molecule has 36 heavy (non-hydrogen) atoms. The molecule has 2 heterocycles. The Morgan fingerprint density at radius 1 is 1.00 bits per heavy atom. The van der Waals surface area contributed by atoms with Gasteiger partial charge in [-0.1, -0.05) is 54.6 Å². The number of benzene rings is 3. The molecule has 1 fully saturated rings. The Morgan fingerprint density at radius 3 is 2.50 bits per heavy atom. The van der Waals surface area contributed by atoms with Crippen molar-refractivity contribution in [3.63, 3.8) is 0 Å². The maximum atomic E-state index is 12.7. The molecule has 3 aromatic carbocycles. The summed E-state index contributed by atoms with van der Waals surface area (Å²) >= 11 is 1.47. The van der Waals surface area contributed by atoms with Crippen molar-refractivity contribution in [2.75, 3.05) is 31.6 Å². The number of hydrogen-bond donors (Lipinski definition) is 1. The molecule has 1 aromatic heterocycles. The number of rotatable bonds is 8. The van der Waals surface area contributed by atoms with E-state index in [1.165, 1.54) is 11.5 Å². The third-order valence-corrected chi connectivity index (χ3v) is 7.46. The highest BCUT2D eigenvalue weighted by Crippen LogP contribution is 2.26. The Hall–Kier alpha value is -3.71. The molecule has 1 aliphatic heterocycles. The molecule has 6 nitrogen and oxygen atoms in total. The lowest BCUT2D eigenvalue weighted by Gasteiger charge is -2.31. The van der Waals surface area contributed by atoms with E-state index in [4.69, 9.17) is 9.72 Å². The predicted octanol–water partition coefficient (Wildman–Crippen LogP) is 5.45. The van der Waals surface area contributed by atoms with E-state index in [9.17, 15) is 4.79 Å². The summed E-state index contributed by atoms with van der Waals surface area (Å²) in [5.41, 5.74) is 4.11. The third-order valence-electron chi connectivity index (χ3n) is 6.64. The number of hydrogen-bond acceptors (Lipinski definition) is 6. The molecule has 0 atom stereocenters. The Bertz CT molecular complexity index is 1280. The zero-order valence-corrected chi connectivity index (χ0v) is 21.2. The minimum Gasteiger partial charge on any atom is -0.497 e. The van der Waals surface area contributed by atoms with Gasteiger partial charge >= 0.3 is 0 Å². The van der Waals surface area contributed by atoms with Gasteiger partial charge in [0.2, 0.25) is 5.13 Å². The molecule has 0 aliphatic carbocycles. The average molecular weight is 499 g/mol. The van der Waals surface area contributed by atoms with Crippen LogP contribution in [-0.4, -0.2) is 42.0 Å². The maximum absolute atomic E-state index is 12.7. The lowest BCUT2D eigenvalue weighted by molar-refractivity contribution is 0.0945. The minimum absolute atomic E-state index is 0.0108. The summed E-state index contributed by atoms with van der Waals surface area (Å²) in [5, 5.41) is 4.11. The topological polar surface area (TPSA) is 67.3 Å². The van der Waals surface area contributed by atoms with Gasteiger partial charge in [-0.15, -0.1) is 0 Å². The number of piperidine rings is 1. The van der Waals surface area contributed by atoms with Gasteiger partial charge in [-0.3, -0.25) is 4.79 Å². The summed E-state index contributed by atoms with van der Waals surface area (Å²) in [5.74, 6) is 2.15. The van der Waals surface area contributed by atoms with Gasteiger partial charge in [-0.05, 0) is 59.7 Å². The van der Waals surface area contributed by atoms with Gasteiger partial charge < -0.3 is 15.0 Å². The molecule has 1 N–H and O–H groups in total. The predicted molar refractivity (Wildman–Crippen MR) is 145 cm³/mol. The normalized spacial score (nSPS) is 14.0. The number of carbonyl (C=O) groups is 1. The van der Waals surface area contributed by atoms with Crippen LogP contribution in [0.15, 0.2) is 78.9 Å². The van der Waals surface area contributed by atoms with Gasteiger partial charge in [0, 0.05) is 43.2 Å². The molecule has 184 valence electrons. The molecule has 1 aliphatic rings. The first-order valence-electron chi connectivity index (χ1n) is 12.3. The highest BCUT2D eigenvalue weighted by atomic mass is 32.1. The standard InChI is InChI=1S/C29H30N4O2S/c1-35-26-9-5-6-22(18-26)19-27-31-29(36-32-27)33-16-14-21(15-17-33)20-30-28(34)25-12-10-24(11-13-25)23-7-3-2-4-8-23/h2-13,18,21H,14-17,19-20H2,1H3,(H,30,34). The van der Waals surface area contributed by atoms with Gasteiger partial charge in [0.1, 0.15) is 11.6 Å². The molecular formula is C29H30N4O2S. The fourth-order valence-electron chi connectivity index (χ4n) is 4.52. The Kier molecular flexibility index (Phi) is 7.57. The first-order chi connectivity index (χ1) is 17.7. The van der Waals surface area contributed by atoms with Crippen molar-refractivity contribution in [2.45, 2.75) is 19.3 Å². The van der Waals surface area contributed by atoms with Gasteiger partial charge in [-0.2, -0.15) is 4.37 Å². The molecule has 7 heteroatoms. The van der Waals surface area contributed by atoms with Crippen LogP contribution in [0.3, 0.4) is 0 Å². The second kappa shape index (κ2) is 11.4. The minimum atomic E-state index is -0.0108. The van der Waals surface area contributed by atoms with Crippen molar-refractivity contribution in [1.29, 1.82) is 0 Å². The van der Waals surface area contributed by atoms with Crippen LogP contribution in [0.4, 0.5) is 5.13 Å². The zero-order chi connectivity index (χ0) is 24.7. The fourth-order valence-corrected chi connectivity index (χ4v) is 5.26. The number of anilines is 1. The molecule has 0 bridgehead atoms. The van der Waals surface area contributed by atoms with Gasteiger partial charge in [-0.25, -0.2) is 4.98 Å². The Balaban J connectivity index is 1.08. The van der Waals surface area contributed by atoms with E-state index >= 15 is 0 Å². The first kappa shape index (κ1) is 24.0. The van der Waals surface area contributed by atoms with Crippen LogP contribution in [0.5, 0.6) is 5.75 Å². The maximum Gasteiger partial charge on any atom is 0.251 e. The van der Waals surface area contributed by atoms with Crippen LogP contribution in [-0.2, 0) is 6.42 Å². The number of nitrogens with zero attached hydrogens (tertiary/aromatic N) is 3. The number of methoxy groups -OCH3 is 1. The van der Waals surface area contributed by atoms with Crippen LogP contribution in [0.2, 0.25) is 0 Å². The van der Waals surface area contributed by atoms with E-state index in [0.717, 1.165) is 59.3 Å². The lowest BCUT2D eigenvalue weighted by atomic mass is 9.97. The molecule has 0 unspecified atom stereocenters. The monoisotopic (exact) mass is 498 g/mol. The molecule has 4 aromatic rings. The smallest absolute Gasteiger partial charge is 0.251 e. The van der Waals surface area contributed by atoms with Crippen LogP contribution >= 0.6 is 11.5 Å². The van der Waals surface area contributed by atoms with Crippen molar-refractivity contribution in [3.05, 3.63) is 95.8 Å². The van der Waals surface area contributed by atoms with E-state index in [1.54, 1.807) is 7.11 Å². The van der Waals surface area contributed by atoms with E-state index in [1.807, 2.05) is 60.7 Å². The lowest BCUT2D eigenvalue weighted by Crippen LogP contribution is -2.38. The van der Waals surface area contributed by atoms with Gasteiger partial charge in [0.05, 0.1) is 7.11 Å². The largest absolute Gasteiger partial charge is 0.497 e. The number of nitrogens with one attached hydrogen (secondary N) is 1. The molecule has 1 saturated heterocycles. The van der Waals surface area contributed by atoms with E-state index < -0.39 is 0 Å². The Labute approximate surface area is 216 Å². The second-order valence-electron chi connectivity index (χ2n) is 9.11. The van der Waals surface area contributed by atoms with Gasteiger partial charge in [0.25, 0.3) is 5.91 Å². The molecular weight excluding hydrogens is 468 g/mol. The summed E-state index contributed by atoms with van der Waals surface area (Å²) in [6.07, 6.45) is 2.75. The number of carbonyl (C=O) groups excluding carboxylic acids is 1.